The van der Waals surface area contributed by atoms with Gasteiger partial charge in [0.15, 0.2) is 11.6 Å². The van der Waals surface area contributed by atoms with Crippen LogP contribution in [0.4, 0.5) is 0 Å². The van der Waals surface area contributed by atoms with Crippen molar-refractivity contribution in [1.29, 1.82) is 0 Å². The fourth-order valence-corrected chi connectivity index (χ4v) is 16.2. The number of unbranched alkanes of at least 4 members (excludes halogenated alkanes) is 1. The molecule has 1 aliphatic heterocycles. The van der Waals surface area contributed by atoms with Crippen LogP contribution >= 0.6 is 11.8 Å². The second kappa shape index (κ2) is 49.0. The highest BCUT2D eigenvalue weighted by Crippen LogP contribution is 2.26. The Bertz CT molecular complexity index is 4980. The van der Waals surface area contributed by atoms with Crippen molar-refractivity contribution >= 4 is 117 Å². The molecule has 678 valence electrons. The number of thioether (sulfide) groups is 1. The number of H-pyrrole nitrogens is 1. The number of primary amides is 1. The lowest BCUT2D eigenvalue weighted by molar-refractivity contribution is -0.147. The van der Waals surface area contributed by atoms with E-state index in [-0.39, 0.29) is 80.3 Å². The number of para-hydroxylation sites is 1. The monoisotopic (exact) mass is 1760 g/mol. The number of carbonyl (C=O) groups excluding carboxylic acids is 15. The maximum absolute atomic E-state index is 15.4. The van der Waals surface area contributed by atoms with Crippen LogP contribution in [0.25, 0.3) is 10.9 Å². The molecule has 1 aliphatic rings. The van der Waals surface area contributed by atoms with Crippen molar-refractivity contribution in [2.75, 3.05) is 52.3 Å². The number of nitrogens with one attached hydrogen (secondary N) is 9. The molecule has 32 nitrogen and oxygen atoms in total. The molecule has 0 spiro atoms. The van der Waals surface area contributed by atoms with Crippen LogP contribution in [0, 0.1) is 29.6 Å². The van der Waals surface area contributed by atoms with Crippen LogP contribution in [0.3, 0.4) is 0 Å². The number of aliphatic carboxylic acids is 1. The number of aromatic amines is 1. The Morgan fingerprint density at radius 1 is 0.496 bits per heavy atom. The number of ketones is 3. The second-order valence-electron chi connectivity index (χ2n) is 33.2. The summed E-state index contributed by atoms with van der Waals surface area (Å²) in [6, 6.07) is 32.5. The SMILES string of the molecule is CCCC[C@H]1C(=O)N(C)CC(=O)N[C@@H](CC(=O)O)C(=O)N[C@@H](C(C)C)C(=O)C[C@@H](Cc2ccccc2)C(=O)N[C@@H](Cc2ccc(O)cc2)C(=O)N(C)CC(=O)N[C@@H](Cc2c[nH]c3ccccc23)C(=O)N[C@@H](Cc2ccc(O)cc2)C(=O)N[C@@H](CC(C)C)C(=O)C[C@H](C(=O)NCC(N)=O)CSCC(=O)C[C@@H](Cc2ccccc2)C(=O)N[C@@H](Cc2ccccc2)C(=O)N1C. The van der Waals surface area contributed by atoms with Crippen LogP contribution in [0.1, 0.15) is 119 Å². The number of benzene rings is 6. The Morgan fingerprint density at radius 3 is 1.47 bits per heavy atom. The summed E-state index contributed by atoms with van der Waals surface area (Å²) in [6.45, 7) is 6.39. The summed E-state index contributed by atoms with van der Waals surface area (Å²) in [5.41, 5.74) is 9.32. The summed E-state index contributed by atoms with van der Waals surface area (Å²) in [5, 5.41) is 53.2. The number of hydrogen-bond acceptors (Lipinski definition) is 19. The van der Waals surface area contributed by atoms with Gasteiger partial charge in [-0.3, -0.25) is 76.7 Å². The standard InChI is InChI=1S/C94H117N13O19S/c1-9-10-30-78-94(126)106(7)53-83(115)99-75(49-84(116)117)91(123)104-85(57(4)5)80(112)47-64(41-59-24-16-12-17-25-59)88(120)102-76(44-62-33-37-68(109)38-34-62)92(124)105(6)52-82(114)98-74(46-65-50-96-71-29-21-20-28-70(65)71)90(122)101-73(42-61-31-35-67(108)36-32-61)89(121)100-72(39-56(2)3)79(111)48-66(86(118)97-51-81(95)113)54-127-55-69(110)45-63(40-58-22-14-11-15-23-58)87(119)103-77(93(125)107(78)8)43-60-26-18-13-19-27-60/h11-29,31-38,50,56-57,63-64,66,72-78,85,96,108-109H,9-10,30,39-49,51-55H2,1-8H3,(H2,95,113)(H,97,118)(H,98,114)(H,99,115)(H,100,121)(H,101,122)(H,102,120)(H,103,119)(H,104,123)(H,116,117)/t63-,64-,66+,72+,73+,74+,75+,76+,77+,78+,85+/m1/s1. The van der Waals surface area contributed by atoms with Gasteiger partial charge in [0.05, 0.1) is 49.8 Å². The molecule has 127 heavy (non-hydrogen) atoms. The highest BCUT2D eigenvalue weighted by Gasteiger charge is 2.40. The second-order valence-corrected chi connectivity index (χ2v) is 34.2. The molecule has 0 unspecified atom stereocenters. The Balaban J connectivity index is 1.19. The lowest BCUT2D eigenvalue weighted by atomic mass is 9.88. The number of Topliss-reactive ketones (excluding diaryl/α,β-unsaturated/α-hetero) is 3. The van der Waals surface area contributed by atoms with E-state index in [0.717, 1.165) is 21.6 Å². The number of nitrogens with two attached hydrogens (primary N) is 1. The van der Waals surface area contributed by atoms with E-state index in [1.807, 2.05) is 6.92 Å². The molecule has 0 bridgehead atoms. The number of fused-ring (bicyclic) bond motifs is 1. The summed E-state index contributed by atoms with van der Waals surface area (Å²) >= 11 is 0.948. The van der Waals surface area contributed by atoms with Crippen molar-refractivity contribution < 1.29 is 92.0 Å². The van der Waals surface area contributed by atoms with Gasteiger partial charge in [0.2, 0.25) is 70.9 Å². The van der Waals surface area contributed by atoms with Crippen molar-refractivity contribution in [3.8, 4) is 11.5 Å². The zero-order valence-corrected chi connectivity index (χ0v) is 73.6. The van der Waals surface area contributed by atoms with Crippen molar-refractivity contribution in [1.82, 2.24) is 62.2 Å². The zero-order valence-electron chi connectivity index (χ0n) is 72.8. The Kier molecular flexibility index (Phi) is 38.3. The third-order valence-corrected chi connectivity index (χ3v) is 23.2. The Hall–Kier alpha value is -13.1. The van der Waals surface area contributed by atoms with Gasteiger partial charge < -0.3 is 83.3 Å². The summed E-state index contributed by atoms with van der Waals surface area (Å²) in [4.78, 5) is 240. The molecular formula is C94H117N13O19S. The Morgan fingerprint density at radius 2 is 0.953 bits per heavy atom. The topological polar surface area (TPSA) is 482 Å². The number of nitrogens with zero attached hydrogens (tertiary/aromatic N) is 3. The minimum Gasteiger partial charge on any atom is -0.508 e. The lowest BCUT2D eigenvalue weighted by Gasteiger charge is -2.34. The number of carboxylic acid groups (broad SMARTS) is 1. The van der Waals surface area contributed by atoms with Crippen molar-refractivity contribution in [2.24, 2.45) is 35.3 Å². The smallest absolute Gasteiger partial charge is 0.305 e. The number of aromatic nitrogens is 1. The fraction of sp³-hybridized carbons (Fsp3) is 0.426. The van der Waals surface area contributed by atoms with E-state index in [9.17, 15) is 58.5 Å². The molecule has 33 heteroatoms. The van der Waals surface area contributed by atoms with Gasteiger partial charge in [0.1, 0.15) is 53.5 Å². The first-order valence-electron chi connectivity index (χ1n) is 42.6. The lowest BCUT2D eigenvalue weighted by Crippen LogP contribution is -2.58. The number of carboxylic acids is 1. The van der Waals surface area contributed by atoms with E-state index in [1.54, 1.807) is 149 Å². The number of phenols is 2. The molecule has 12 amide bonds. The van der Waals surface area contributed by atoms with Crippen molar-refractivity contribution in [3.05, 3.63) is 203 Å². The molecule has 11 atom stereocenters. The molecule has 8 rings (SSSR count). The third kappa shape index (κ3) is 31.5. The number of carbonyl (C=O) groups is 16. The first-order chi connectivity index (χ1) is 60.5. The quantitative estimate of drug-likeness (QED) is 0.0404. The molecule has 6 aromatic carbocycles. The van der Waals surface area contributed by atoms with Gasteiger partial charge in [-0.15, -0.1) is 0 Å². The first-order valence-corrected chi connectivity index (χ1v) is 43.7. The van der Waals surface area contributed by atoms with Crippen LogP contribution in [-0.4, -0.2) is 230 Å². The molecule has 1 fully saturated rings. The Labute approximate surface area is 742 Å². The van der Waals surface area contributed by atoms with Gasteiger partial charge in [0, 0.05) is 101 Å². The third-order valence-electron chi connectivity index (χ3n) is 22.0. The molecule has 7 aromatic rings. The number of aromatic hydroxyl groups is 2. The number of amides is 12. The molecule has 14 N–H and O–H groups in total. The molecule has 1 saturated heterocycles. The van der Waals surface area contributed by atoms with E-state index < -0.39 is 212 Å². The van der Waals surface area contributed by atoms with E-state index >= 15 is 33.6 Å². The minimum absolute atomic E-state index is 0.0134. The zero-order chi connectivity index (χ0) is 92.6. The summed E-state index contributed by atoms with van der Waals surface area (Å²) in [5.74, 6) is -19.5. The number of likely N-dealkylation sites (N-methyl/N-ethyl adjacent to an activating group) is 3. The highest BCUT2D eigenvalue weighted by molar-refractivity contribution is 8.00. The summed E-state index contributed by atoms with van der Waals surface area (Å²) in [6.07, 6.45) is -1.05. The van der Waals surface area contributed by atoms with E-state index in [1.165, 1.54) is 74.6 Å². The predicted molar refractivity (Wildman–Crippen MR) is 476 cm³/mol. The normalized spacial score (nSPS) is 22.1. The van der Waals surface area contributed by atoms with Gasteiger partial charge in [-0.2, -0.15) is 11.8 Å². The molecule has 0 radical (unpaired) electrons. The fourth-order valence-electron chi connectivity index (χ4n) is 15.2. The average molecular weight is 1770 g/mol. The number of rotatable bonds is 23. The maximum atomic E-state index is 15.4. The number of phenolic OH excluding ortho intramolecular Hbond substituents is 2. The minimum atomic E-state index is -1.87. The molecule has 0 saturated carbocycles. The average Bonchev–Trinajstić information content (AvgIpc) is 1.75. The predicted octanol–water partition coefficient (Wildman–Crippen LogP) is 4.91. The van der Waals surface area contributed by atoms with Crippen LogP contribution in [0.15, 0.2) is 170 Å². The molecular weight excluding hydrogens is 1650 g/mol. The van der Waals surface area contributed by atoms with Gasteiger partial charge in [-0.25, -0.2) is 0 Å². The maximum Gasteiger partial charge on any atom is 0.305 e. The van der Waals surface area contributed by atoms with Crippen molar-refractivity contribution in [3.63, 3.8) is 0 Å². The van der Waals surface area contributed by atoms with Gasteiger partial charge in [-0.05, 0) is 101 Å². The van der Waals surface area contributed by atoms with E-state index in [4.69, 9.17) is 5.73 Å². The molecule has 0 aliphatic carbocycles. The van der Waals surface area contributed by atoms with Crippen LogP contribution in [0.2, 0.25) is 0 Å². The van der Waals surface area contributed by atoms with Crippen LogP contribution in [-0.2, 0) is 115 Å². The highest BCUT2D eigenvalue weighted by atomic mass is 32.2. The van der Waals surface area contributed by atoms with E-state index in [0.29, 0.717) is 57.1 Å². The summed E-state index contributed by atoms with van der Waals surface area (Å²) in [7, 11) is 3.91. The van der Waals surface area contributed by atoms with Crippen LogP contribution in [0.5, 0.6) is 11.5 Å². The van der Waals surface area contributed by atoms with E-state index in [2.05, 4.69) is 47.5 Å². The van der Waals surface area contributed by atoms with Gasteiger partial charge in [-0.1, -0.05) is 181 Å². The van der Waals surface area contributed by atoms with Gasteiger partial charge >= 0.3 is 5.97 Å². The first kappa shape index (κ1) is 99.4. The van der Waals surface area contributed by atoms with Crippen LogP contribution < -0.4 is 48.3 Å². The largest absolute Gasteiger partial charge is 0.508 e. The summed E-state index contributed by atoms with van der Waals surface area (Å²) < 4.78 is 0. The molecule has 1 aromatic heterocycles. The number of hydrogen-bond donors (Lipinski definition) is 13. The van der Waals surface area contributed by atoms with Gasteiger partial charge in [0.25, 0.3) is 0 Å². The molecule has 2 heterocycles. The van der Waals surface area contributed by atoms with Crippen molar-refractivity contribution in [2.45, 2.75) is 173 Å².